The molecule has 0 aliphatic carbocycles. The Labute approximate surface area is 120 Å². The van der Waals surface area contributed by atoms with Crippen LogP contribution < -0.4 is 14.8 Å². The number of ether oxygens (including phenoxy) is 1. The average Bonchev–Trinajstić information content (AvgIpc) is 2.63. The van der Waals surface area contributed by atoms with Crippen LogP contribution in [0.1, 0.15) is 30.0 Å². The Morgan fingerprint density at radius 2 is 2.20 bits per heavy atom. The smallest absolute Gasteiger partial charge is 0.212 e. The first-order valence-electron chi connectivity index (χ1n) is 6.90. The lowest BCUT2D eigenvalue weighted by molar-refractivity contribution is 0.313. The SMILES string of the molecule is CNS(=O)(=O)CCNC1CCCOc2c(C)cccc21. The van der Waals surface area contributed by atoms with Gasteiger partial charge in [-0.05, 0) is 32.4 Å². The van der Waals surface area contributed by atoms with Crippen LogP contribution in [0, 0.1) is 6.92 Å². The molecule has 6 heteroatoms. The molecule has 1 aliphatic heterocycles. The van der Waals surface area contributed by atoms with Crippen LogP contribution in [0.4, 0.5) is 0 Å². The van der Waals surface area contributed by atoms with E-state index in [1.165, 1.54) is 7.05 Å². The molecule has 1 aromatic carbocycles. The molecule has 5 nitrogen and oxygen atoms in total. The highest BCUT2D eigenvalue weighted by atomic mass is 32.2. The van der Waals surface area contributed by atoms with Crippen molar-refractivity contribution in [2.75, 3.05) is 26.0 Å². The number of benzene rings is 1. The number of hydrogen-bond acceptors (Lipinski definition) is 4. The largest absolute Gasteiger partial charge is 0.493 e. The first kappa shape index (κ1) is 15.3. The van der Waals surface area contributed by atoms with Crippen molar-refractivity contribution in [3.63, 3.8) is 0 Å². The molecular weight excluding hydrogens is 276 g/mol. The number of sulfonamides is 1. The van der Waals surface area contributed by atoms with Crippen molar-refractivity contribution in [1.29, 1.82) is 0 Å². The molecule has 0 fully saturated rings. The number of rotatable bonds is 5. The van der Waals surface area contributed by atoms with Crippen LogP contribution >= 0.6 is 0 Å². The molecule has 1 atom stereocenters. The Balaban J connectivity index is 2.08. The topological polar surface area (TPSA) is 67.4 Å². The lowest BCUT2D eigenvalue weighted by Crippen LogP contribution is -2.31. The predicted octanol–water partition coefficient (Wildman–Crippen LogP) is 1.35. The fourth-order valence-corrected chi connectivity index (χ4v) is 3.04. The third-order valence-corrected chi connectivity index (χ3v) is 4.94. The van der Waals surface area contributed by atoms with Crippen molar-refractivity contribution in [3.8, 4) is 5.75 Å². The minimum atomic E-state index is -3.16. The van der Waals surface area contributed by atoms with Crippen molar-refractivity contribution < 1.29 is 13.2 Å². The molecule has 0 aromatic heterocycles. The van der Waals surface area contributed by atoms with Crippen LogP contribution in [-0.2, 0) is 10.0 Å². The number of fused-ring (bicyclic) bond motifs is 1. The minimum Gasteiger partial charge on any atom is -0.493 e. The van der Waals surface area contributed by atoms with Gasteiger partial charge in [-0.1, -0.05) is 18.2 Å². The summed E-state index contributed by atoms with van der Waals surface area (Å²) in [7, 11) is -1.72. The number of hydrogen-bond donors (Lipinski definition) is 2. The highest BCUT2D eigenvalue weighted by Gasteiger charge is 2.21. The summed E-state index contributed by atoms with van der Waals surface area (Å²) in [6.07, 6.45) is 1.92. The fraction of sp³-hybridized carbons (Fsp3) is 0.571. The Morgan fingerprint density at radius 3 is 2.95 bits per heavy atom. The summed E-state index contributed by atoms with van der Waals surface area (Å²) in [5.74, 6) is 1.03. The Hall–Kier alpha value is -1.11. The van der Waals surface area contributed by atoms with Gasteiger partial charge in [0, 0.05) is 18.2 Å². The standard InChI is InChI=1S/C14H22N2O3S/c1-11-5-3-6-12-13(7-4-9-19-14(11)12)16-8-10-20(17,18)15-2/h3,5-6,13,15-16H,4,7-10H2,1-2H3. The summed E-state index contributed by atoms with van der Waals surface area (Å²) >= 11 is 0. The van der Waals surface area contributed by atoms with Gasteiger partial charge in [-0.15, -0.1) is 0 Å². The van der Waals surface area contributed by atoms with Gasteiger partial charge in [-0.3, -0.25) is 0 Å². The molecule has 1 unspecified atom stereocenters. The number of aryl methyl sites for hydroxylation is 1. The number of nitrogens with one attached hydrogen (secondary N) is 2. The van der Waals surface area contributed by atoms with Crippen molar-refractivity contribution in [2.24, 2.45) is 0 Å². The lowest BCUT2D eigenvalue weighted by Gasteiger charge is -2.19. The number of para-hydroxylation sites is 1. The summed E-state index contributed by atoms with van der Waals surface area (Å²) in [4.78, 5) is 0. The molecule has 0 saturated heterocycles. The second-order valence-electron chi connectivity index (χ2n) is 5.01. The van der Waals surface area contributed by atoms with Crippen LogP contribution in [0.25, 0.3) is 0 Å². The van der Waals surface area contributed by atoms with Crippen LogP contribution in [-0.4, -0.2) is 34.4 Å². The minimum absolute atomic E-state index is 0.0853. The second kappa shape index (κ2) is 6.56. The molecular formula is C14H22N2O3S. The van der Waals surface area contributed by atoms with Gasteiger partial charge in [0.1, 0.15) is 5.75 Å². The van der Waals surface area contributed by atoms with E-state index < -0.39 is 10.0 Å². The maximum Gasteiger partial charge on any atom is 0.212 e. The van der Waals surface area contributed by atoms with E-state index in [1.54, 1.807) is 0 Å². The highest BCUT2D eigenvalue weighted by molar-refractivity contribution is 7.89. The van der Waals surface area contributed by atoms with Gasteiger partial charge in [-0.2, -0.15) is 0 Å². The van der Waals surface area contributed by atoms with E-state index >= 15 is 0 Å². The van der Waals surface area contributed by atoms with Crippen molar-refractivity contribution in [1.82, 2.24) is 10.0 Å². The van der Waals surface area contributed by atoms with Crippen molar-refractivity contribution in [3.05, 3.63) is 29.3 Å². The van der Waals surface area contributed by atoms with Crippen LogP contribution in [0.3, 0.4) is 0 Å². The molecule has 0 bridgehead atoms. The zero-order valence-electron chi connectivity index (χ0n) is 12.0. The Bertz CT molecular complexity index is 558. The van der Waals surface area contributed by atoms with E-state index in [2.05, 4.69) is 16.1 Å². The second-order valence-corrected chi connectivity index (χ2v) is 7.06. The van der Waals surface area contributed by atoms with E-state index in [9.17, 15) is 8.42 Å². The summed E-state index contributed by atoms with van der Waals surface area (Å²) in [6, 6.07) is 6.26. The van der Waals surface area contributed by atoms with Gasteiger partial charge in [0.15, 0.2) is 0 Å². The summed E-state index contributed by atoms with van der Waals surface area (Å²) in [6.45, 7) is 3.18. The van der Waals surface area contributed by atoms with E-state index in [4.69, 9.17) is 4.74 Å². The first-order chi connectivity index (χ1) is 9.53. The van der Waals surface area contributed by atoms with E-state index in [0.29, 0.717) is 13.2 Å². The molecule has 2 N–H and O–H groups in total. The summed E-state index contributed by atoms with van der Waals surface area (Å²) in [5.41, 5.74) is 2.25. The van der Waals surface area contributed by atoms with Crippen molar-refractivity contribution >= 4 is 10.0 Å². The lowest BCUT2D eigenvalue weighted by atomic mass is 10.00. The summed E-state index contributed by atoms with van der Waals surface area (Å²) in [5, 5.41) is 3.34. The highest BCUT2D eigenvalue weighted by Crippen LogP contribution is 2.33. The molecule has 0 saturated carbocycles. The molecule has 20 heavy (non-hydrogen) atoms. The first-order valence-corrected chi connectivity index (χ1v) is 8.55. The molecule has 112 valence electrons. The monoisotopic (exact) mass is 298 g/mol. The van der Waals surface area contributed by atoms with Gasteiger partial charge in [0.05, 0.1) is 12.4 Å². The van der Waals surface area contributed by atoms with E-state index in [1.807, 2.05) is 19.1 Å². The van der Waals surface area contributed by atoms with Gasteiger partial charge < -0.3 is 10.1 Å². The molecule has 2 rings (SSSR count). The van der Waals surface area contributed by atoms with Gasteiger partial charge in [0.25, 0.3) is 0 Å². The summed E-state index contributed by atoms with van der Waals surface area (Å²) < 4.78 is 31.0. The van der Waals surface area contributed by atoms with Gasteiger partial charge >= 0.3 is 0 Å². The van der Waals surface area contributed by atoms with E-state index in [-0.39, 0.29) is 11.8 Å². The molecule has 0 radical (unpaired) electrons. The molecule has 1 aliphatic rings. The van der Waals surface area contributed by atoms with Crippen molar-refractivity contribution in [2.45, 2.75) is 25.8 Å². The Morgan fingerprint density at radius 1 is 1.40 bits per heavy atom. The van der Waals surface area contributed by atoms with Crippen LogP contribution in [0.5, 0.6) is 5.75 Å². The van der Waals surface area contributed by atoms with Crippen LogP contribution in [0.15, 0.2) is 18.2 Å². The zero-order chi connectivity index (χ0) is 14.6. The third kappa shape index (κ3) is 3.71. The normalized spacial score (nSPS) is 19.0. The Kier molecular flexibility index (Phi) is 5.01. The van der Waals surface area contributed by atoms with Crippen LogP contribution in [0.2, 0.25) is 0 Å². The maximum absolute atomic E-state index is 11.4. The molecule has 0 amide bonds. The maximum atomic E-state index is 11.4. The van der Waals surface area contributed by atoms with Gasteiger partial charge in [0.2, 0.25) is 10.0 Å². The molecule has 1 aromatic rings. The average molecular weight is 298 g/mol. The van der Waals surface area contributed by atoms with Gasteiger partial charge in [-0.25, -0.2) is 13.1 Å². The predicted molar refractivity (Wildman–Crippen MR) is 79.5 cm³/mol. The molecule has 0 spiro atoms. The fourth-order valence-electron chi connectivity index (χ4n) is 2.45. The molecule has 1 heterocycles. The van der Waals surface area contributed by atoms with E-state index in [0.717, 1.165) is 29.7 Å². The third-order valence-electron chi connectivity index (χ3n) is 3.57. The quantitative estimate of drug-likeness (QED) is 0.861. The zero-order valence-corrected chi connectivity index (χ0v) is 12.8.